The third-order valence-corrected chi connectivity index (χ3v) is 3.19. The molecule has 0 heterocycles. The van der Waals surface area contributed by atoms with Crippen LogP contribution >= 0.6 is 0 Å². The molecular formula is C16H26N2O. The Bertz CT molecular complexity index is 372. The quantitative estimate of drug-likeness (QED) is 0.818. The minimum absolute atomic E-state index is 0.137. The number of hydrogen-bond acceptors (Lipinski definition) is 2. The summed E-state index contributed by atoms with van der Waals surface area (Å²) in [5.41, 5.74) is 1.20. The largest absolute Gasteiger partial charge is 0.342 e. The molecule has 1 amide bonds. The van der Waals surface area contributed by atoms with E-state index in [4.69, 9.17) is 0 Å². The predicted molar refractivity (Wildman–Crippen MR) is 80.1 cm³/mol. The van der Waals surface area contributed by atoms with Gasteiger partial charge in [-0.2, -0.15) is 0 Å². The van der Waals surface area contributed by atoms with E-state index in [2.05, 4.69) is 31.3 Å². The topological polar surface area (TPSA) is 32.3 Å². The zero-order chi connectivity index (χ0) is 14.3. The van der Waals surface area contributed by atoms with E-state index in [0.717, 1.165) is 19.5 Å². The summed E-state index contributed by atoms with van der Waals surface area (Å²) in [6.45, 7) is 9.73. The van der Waals surface area contributed by atoms with Gasteiger partial charge in [0.25, 0.3) is 0 Å². The number of hydrogen-bond donors (Lipinski definition) is 1. The molecule has 0 bridgehead atoms. The van der Waals surface area contributed by atoms with Crippen LogP contribution in [-0.2, 0) is 11.2 Å². The second-order valence-corrected chi connectivity index (χ2v) is 5.07. The van der Waals surface area contributed by atoms with Gasteiger partial charge in [-0.1, -0.05) is 44.2 Å². The number of benzene rings is 1. The number of nitrogens with zero attached hydrogens (tertiary/aromatic N) is 1. The van der Waals surface area contributed by atoms with Crippen LogP contribution in [0.4, 0.5) is 0 Å². The first-order chi connectivity index (χ1) is 9.08. The first kappa shape index (κ1) is 15.7. The Hall–Kier alpha value is -1.35. The minimum atomic E-state index is -0.137. The van der Waals surface area contributed by atoms with Crippen molar-refractivity contribution in [2.45, 2.75) is 46.2 Å². The van der Waals surface area contributed by atoms with Crippen LogP contribution in [0.25, 0.3) is 0 Å². The van der Waals surface area contributed by atoms with Gasteiger partial charge in [-0.3, -0.25) is 4.79 Å². The summed E-state index contributed by atoms with van der Waals surface area (Å²) in [4.78, 5) is 14.4. The predicted octanol–water partition coefficient (Wildman–Crippen LogP) is 2.46. The summed E-state index contributed by atoms with van der Waals surface area (Å²) in [7, 11) is 0. The SMILES string of the molecule is CCN(CC)C(=O)C(Cc1ccccc1)NC(C)C. The molecule has 1 aromatic rings. The summed E-state index contributed by atoms with van der Waals surface area (Å²) < 4.78 is 0. The first-order valence-corrected chi connectivity index (χ1v) is 7.17. The van der Waals surface area contributed by atoms with E-state index in [-0.39, 0.29) is 11.9 Å². The van der Waals surface area contributed by atoms with Crippen LogP contribution in [0.2, 0.25) is 0 Å². The fourth-order valence-electron chi connectivity index (χ4n) is 2.23. The van der Waals surface area contributed by atoms with Gasteiger partial charge in [-0.15, -0.1) is 0 Å². The molecule has 19 heavy (non-hydrogen) atoms. The van der Waals surface area contributed by atoms with Gasteiger partial charge < -0.3 is 10.2 Å². The fourth-order valence-corrected chi connectivity index (χ4v) is 2.23. The maximum atomic E-state index is 12.5. The van der Waals surface area contributed by atoms with Gasteiger partial charge >= 0.3 is 0 Å². The van der Waals surface area contributed by atoms with Crippen molar-refractivity contribution in [1.82, 2.24) is 10.2 Å². The molecule has 1 atom stereocenters. The standard InChI is InChI=1S/C16H26N2O/c1-5-18(6-2)16(19)15(17-13(3)4)12-14-10-8-7-9-11-14/h7-11,13,15,17H,5-6,12H2,1-4H3. The van der Waals surface area contributed by atoms with E-state index in [1.165, 1.54) is 5.56 Å². The Kier molecular flexibility index (Phi) is 6.57. The van der Waals surface area contributed by atoms with Crippen molar-refractivity contribution in [3.05, 3.63) is 35.9 Å². The fraction of sp³-hybridized carbons (Fsp3) is 0.562. The lowest BCUT2D eigenvalue weighted by Crippen LogP contribution is -2.49. The highest BCUT2D eigenvalue weighted by Crippen LogP contribution is 2.07. The molecule has 0 aliphatic rings. The van der Waals surface area contributed by atoms with E-state index >= 15 is 0 Å². The Balaban J connectivity index is 2.79. The maximum Gasteiger partial charge on any atom is 0.240 e. The van der Waals surface area contributed by atoms with E-state index in [1.807, 2.05) is 36.9 Å². The van der Waals surface area contributed by atoms with E-state index in [0.29, 0.717) is 6.04 Å². The molecule has 0 saturated heterocycles. The number of likely N-dealkylation sites (N-methyl/N-ethyl adjacent to an activating group) is 1. The van der Waals surface area contributed by atoms with Crippen LogP contribution in [0.15, 0.2) is 30.3 Å². The third kappa shape index (κ3) is 5.03. The summed E-state index contributed by atoms with van der Waals surface area (Å²) in [6.07, 6.45) is 0.744. The first-order valence-electron chi connectivity index (χ1n) is 7.17. The Morgan fingerprint density at radius 3 is 2.21 bits per heavy atom. The number of carbonyl (C=O) groups is 1. The molecule has 1 unspecified atom stereocenters. The van der Waals surface area contributed by atoms with Crippen molar-refractivity contribution >= 4 is 5.91 Å². The highest BCUT2D eigenvalue weighted by Gasteiger charge is 2.23. The molecule has 1 rings (SSSR count). The van der Waals surface area contributed by atoms with E-state index in [1.54, 1.807) is 0 Å². The van der Waals surface area contributed by atoms with Crippen LogP contribution in [-0.4, -0.2) is 36.0 Å². The van der Waals surface area contributed by atoms with Crippen molar-refractivity contribution in [2.24, 2.45) is 0 Å². The lowest BCUT2D eigenvalue weighted by molar-refractivity contribution is -0.133. The zero-order valence-corrected chi connectivity index (χ0v) is 12.5. The van der Waals surface area contributed by atoms with Gasteiger partial charge in [-0.25, -0.2) is 0 Å². The average Bonchev–Trinajstić information content (AvgIpc) is 2.40. The van der Waals surface area contributed by atoms with Gasteiger partial charge in [0.2, 0.25) is 5.91 Å². The highest BCUT2D eigenvalue weighted by atomic mass is 16.2. The molecule has 0 aliphatic heterocycles. The lowest BCUT2D eigenvalue weighted by Gasteiger charge is -2.27. The second-order valence-electron chi connectivity index (χ2n) is 5.07. The average molecular weight is 262 g/mol. The summed E-state index contributed by atoms with van der Waals surface area (Å²) >= 11 is 0. The Morgan fingerprint density at radius 2 is 1.74 bits per heavy atom. The molecule has 0 aromatic heterocycles. The molecule has 1 aromatic carbocycles. The summed E-state index contributed by atoms with van der Waals surface area (Å²) in [6, 6.07) is 10.3. The normalized spacial score (nSPS) is 12.5. The monoisotopic (exact) mass is 262 g/mol. The van der Waals surface area contributed by atoms with Crippen molar-refractivity contribution in [2.75, 3.05) is 13.1 Å². The van der Waals surface area contributed by atoms with Gasteiger partial charge in [0.15, 0.2) is 0 Å². The number of carbonyl (C=O) groups excluding carboxylic acids is 1. The number of amides is 1. The minimum Gasteiger partial charge on any atom is -0.342 e. The molecule has 1 N–H and O–H groups in total. The lowest BCUT2D eigenvalue weighted by atomic mass is 10.0. The molecule has 0 saturated carbocycles. The van der Waals surface area contributed by atoms with Crippen LogP contribution in [0.1, 0.15) is 33.3 Å². The van der Waals surface area contributed by atoms with Crippen LogP contribution in [0.5, 0.6) is 0 Å². The van der Waals surface area contributed by atoms with E-state index < -0.39 is 0 Å². The molecule has 3 nitrogen and oxygen atoms in total. The summed E-state index contributed by atoms with van der Waals surface area (Å²) in [5.74, 6) is 0.197. The Labute approximate surface area is 117 Å². The Morgan fingerprint density at radius 1 is 1.16 bits per heavy atom. The smallest absolute Gasteiger partial charge is 0.240 e. The van der Waals surface area contributed by atoms with Crippen LogP contribution in [0.3, 0.4) is 0 Å². The summed E-state index contributed by atoms with van der Waals surface area (Å²) in [5, 5.41) is 3.39. The molecular weight excluding hydrogens is 236 g/mol. The van der Waals surface area contributed by atoms with Crippen molar-refractivity contribution < 1.29 is 4.79 Å². The zero-order valence-electron chi connectivity index (χ0n) is 12.5. The third-order valence-electron chi connectivity index (χ3n) is 3.19. The van der Waals surface area contributed by atoms with Crippen molar-refractivity contribution in [3.63, 3.8) is 0 Å². The van der Waals surface area contributed by atoms with E-state index in [9.17, 15) is 4.79 Å². The molecule has 0 spiro atoms. The van der Waals surface area contributed by atoms with Crippen LogP contribution < -0.4 is 5.32 Å². The van der Waals surface area contributed by atoms with Gasteiger partial charge in [-0.05, 0) is 25.8 Å². The van der Waals surface area contributed by atoms with Gasteiger partial charge in [0.05, 0.1) is 6.04 Å². The molecule has 0 radical (unpaired) electrons. The highest BCUT2D eigenvalue weighted by molar-refractivity contribution is 5.82. The second kappa shape index (κ2) is 7.95. The molecule has 3 heteroatoms. The maximum absolute atomic E-state index is 12.5. The van der Waals surface area contributed by atoms with Crippen molar-refractivity contribution in [3.8, 4) is 0 Å². The van der Waals surface area contributed by atoms with Gasteiger partial charge in [0, 0.05) is 19.1 Å². The molecule has 0 aliphatic carbocycles. The van der Waals surface area contributed by atoms with Gasteiger partial charge in [0.1, 0.15) is 0 Å². The van der Waals surface area contributed by atoms with Crippen molar-refractivity contribution in [1.29, 1.82) is 0 Å². The number of rotatable bonds is 7. The number of nitrogens with one attached hydrogen (secondary N) is 1. The molecule has 0 fully saturated rings. The van der Waals surface area contributed by atoms with Crippen LogP contribution in [0, 0.1) is 0 Å². The molecule has 106 valence electrons.